The van der Waals surface area contributed by atoms with Crippen LogP contribution in [0.2, 0.25) is 5.02 Å². The van der Waals surface area contributed by atoms with Crippen molar-refractivity contribution in [2.45, 2.75) is 25.5 Å². The number of benzene rings is 3. The van der Waals surface area contributed by atoms with Gasteiger partial charge in [0, 0.05) is 34.3 Å². The first kappa shape index (κ1) is 30.6. The highest BCUT2D eigenvalue weighted by Crippen LogP contribution is 2.41. The van der Waals surface area contributed by atoms with Crippen LogP contribution in [0.4, 0.5) is 20.3 Å². The Kier molecular flexibility index (Phi) is 8.95. The molecule has 0 spiro atoms. The number of nitrogens with one attached hydrogen (secondary N) is 1. The third-order valence-electron chi connectivity index (χ3n) is 6.42. The SMILES string of the molecule is COc1cc2ncnc(Nc3cc(Cl)c(Oc4cccc(F)c4F)cc3C(C)(C)O)c2cc1C(C=CC(N)=O)N(C)C. The van der Waals surface area contributed by atoms with Crippen LogP contribution in [0.15, 0.2) is 60.9 Å². The monoisotopic (exact) mass is 597 g/mol. The van der Waals surface area contributed by atoms with Crippen molar-refractivity contribution >= 4 is 39.9 Å². The summed E-state index contributed by atoms with van der Waals surface area (Å²) in [6, 6.07) is 9.70. The van der Waals surface area contributed by atoms with E-state index in [2.05, 4.69) is 15.3 Å². The van der Waals surface area contributed by atoms with Crippen molar-refractivity contribution in [3.05, 3.63) is 88.7 Å². The summed E-state index contributed by atoms with van der Waals surface area (Å²) >= 11 is 6.52. The van der Waals surface area contributed by atoms with E-state index in [-0.39, 0.29) is 22.6 Å². The van der Waals surface area contributed by atoms with E-state index in [4.69, 9.17) is 26.8 Å². The summed E-state index contributed by atoms with van der Waals surface area (Å²) in [5, 5.41) is 14.9. The van der Waals surface area contributed by atoms with Crippen LogP contribution >= 0.6 is 11.6 Å². The minimum Gasteiger partial charge on any atom is -0.496 e. The summed E-state index contributed by atoms with van der Waals surface area (Å²) in [5.41, 5.74) is 5.92. The number of hydrogen-bond donors (Lipinski definition) is 3. The van der Waals surface area contributed by atoms with Gasteiger partial charge in [-0.05, 0) is 58.3 Å². The van der Waals surface area contributed by atoms with Crippen molar-refractivity contribution in [1.29, 1.82) is 0 Å². The third-order valence-corrected chi connectivity index (χ3v) is 6.72. The Labute approximate surface area is 246 Å². The molecule has 0 radical (unpaired) electrons. The molecular weight excluding hydrogens is 568 g/mol. The fourth-order valence-corrected chi connectivity index (χ4v) is 4.60. The summed E-state index contributed by atoms with van der Waals surface area (Å²) in [6.45, 7) is 3.11. The molecule has 42 heavy (non-hydrogen) atoms. The van der Waals surface area contributed by atoms with Gasteiger partial charge in [-0.25, -0.2) is 14.4 Å². The fraction of sp³-hybridized carbons (Fsp3) is 0.233. The van der Waals surface area contributed by atoms with E-state index < -0.39 is 23.1 Å². The third kappa shape index (κ3) is 6.59. The van der Waals surface area contributed by atoms with Crippen molar-refractivity contribution in [2.24, 2.45) is 5.73 Å². The number of aromatic nitrogens is 2. The number of hydrogen-bond acceptors (Lipinski definition) is 8. The number of amides is 1. The molecule has 0 saturated heterocycles. The molecule has 12 heteroatoms. The molecule has 4 rings (SSSR count). The molecule has 0 fully saturated rings. The number of fused-ring (bicyclic) bond motifs is 1. The Bertz CT molecular complexity index is 1670. The van der Waals surface area contributed by atoms with Crippen LogP contribution in [-0.4, -0.2) is 47.1 Å². The Morgan fingerprint density at radius 3 is 2.52 bits per heavy atom. The van der Waals surface area contributed by atoms with Gasteiger partial charge in [0.15, 0.2) is 11.6 Å². The van der Waals surface area contributed by atoms with E-state index in [1.54, 1.807) is 26.0 Å². The van der Waals surface area contributed by atoms with E-state index >= 15 is 0 Å². The minimum absolute atomic E-state index is 0.0125. The Hall–Kier alpha value is -4.32. The molecule has 1 atom stereocenters. The lowest BCUT2D eigenvalue weighted by Gasteiger charge is -2.25. The van der Waals surface area contributed by atoms with Gasteiger partial charge in [0.2, 0.25) is 11.7 Å². The molecule has 9 nitrogen and oxygen atoms in total. The highest BCUT2D eigenvalue weighted by Gasteiger charge is 2.25. The van der Waals surface area contributed by atoms with Gasteiger partial charge in [-0.1, -0.05) is 23.7 Å². The number of likely N-dealkylation sites (N-methyl/N-ethyl adjacent to an activating group) is 1. The van der Waals surface area contributed by atoms with Crippen LogP contribution in [0.5, 0.6) is 17.2 Å². The summed E-state index contributed by atoms with van der Waals surface area (Å²) in [5.74, 6) is -2.26. The zero-order valence-corrected chi connectivity index (χ0v) is 24.3. The normalized spacial score (nSPS) is 12.6. The number of methoxy groups -OCH3 is 1. The standard InChI is InChI=1S/C30H30ClF2N5O4/c1-30(2,40)18-12-26(42-24-8-6-7-20(32)28(24)33)19(31)13-22(18)37-29-16-11-17(23(38(3)4)9-10-27(34)39)25(41-5)14-21(16)35-15-36-29/h6-15,23,40H,1-5H3,(H2,34,39)(H,35,36,37). The maximum atomic E-state index is 14.3. The number of halogens is 3. The van der Waals surface area contributed by atoms with E-state index in [1.165, 1.54) is 43.8 Å². The van der Waals surface area contributed by atoms with Gasteiger partial charge in [0.05, 0.1) is 29.3 Å². The highest BCUT2D eigenvalue weighted by atomic mass is 35.5. The maximum Gasteiger partial charge on any atom is 0.241 e. The van der Waals surface area contributed by atoms with Crippen LogP contribution in [0, 0.1) is 11.6 Å². The van der Waals surface area contributed by atoms with Crippen LogP contribution in [0.1, 0.15) is 31.0 Å². The van der Waals surface area contributed by atoms with Gasteiger partial charge in [-0.15, -0.1) is 0 Å². The number of anilines is 2. The maximum absolute atomic E-state index is 14.3. The number of primary amides is 1. The Morgan fingerprint density at radius 2 is 1.88 bits per heavy atom. The average molecular weight is 598 g/mol. The number of rotatable bonds is 10. The second-order valence-electron chi connectivity index (χ2n) is 10.2. The lowest BCUT2D eigenvalue weighted by Crippen LogP contribution is -2.20. The molecule has 0 aliphatic heterocycles. The van der Waals surface area contributed by atoms with Crippen molar-refractivity contribution < 1.29 is 28.2 Å². The second kappa shape index (κ2) is 12.3. The molecule has 220 valence electrons. The summed E-state index contributed by atoms with van der Waals surface area (Å²) in [6.07, 6.45) is 4.32. The number of carbonyl (C=O) groups is 1. The molecule has 4 aromatic rings. The van der Waals surface area contributed by atoms with Gasteiger partial charge in [0.1, 0.15) is 23.6 Å². The predicted octanol–water partition coefficient (Wildman–Crippen LogP) is 5.98. The molecule has 0 aliphatic carbocycles. The molecule has 1 aromatic heterocycles. The molecule has 1 unspecified atom stereocenters. The van der Waals surface area contributed by atoms with E-state index in [0.717, 1.165) is 6.07 Å². The zero-order chi connectivity index (χ0) is 30.8. The van der Waals surface area contributed by atoms with Crippen LogP contribution in [0.3, 0.4) is 0 Å². The van der Waals surface area contributed by atoms with Gasteiger partial charge in [-0.3, -0.25) is 9.69 Å². The first-order valence-corrected chi connectivity index (χ1v) is 13.1. The molecule has 4 N–H and O–H groups in total. The van der Waals surface area contributed by atoms with E-state index in [1.807, 2.05) is 25.1 Å². The van der Waals surface area contributed by atoms with Crippen molar-refractivity contribution in [1.82, 2.24) is 14.9 Å². The summed E-state index contributed by atoms with van der Waals surface area (Å²) in [4.78, 5) is 22.1. The smallest absolute Gasteiger partial charge is 0.241 e. The lowest BCUT2D eigenvalue weighted by molar-refractivity contribution is -0.113. The minimum atomic E-state index is -1.42. The molecule has 0 saturated carbocycles. The Balaban J connectivity index is 1.83. The zero-order valence-electron chi connectivity index (χ0n) is 23.6. The average Bonchev–Trinajstić information content (AvgIpc) is 2.91. The van der Waals surface area contributed by atoms with E-state index in [9.17, 15) is 18.7 Å². The van der Waals surface area contributed by atoms with Crippen LogP contribution in [-0.2, 0) is 10.4 Å². The van der Waals surface area contributed by atoms with Crippen molar-refractivity contribution in [2.75, 3.05) is 26.5 Å². The summed E-state index contributed by atoms with van der Waals surface area (Å²) < 4.78 is 39.3. The van der Waals surface area contributed by atoms with Crippen molar-refractivity contribution in [3.63, 3.8) is 0 Å². The second-order valence-corrected chi connectivity index (χ2v) is 10.6. The summed E-state index contributed by atoms with van der Waals surface area (Å²) in [7, 11) is 5.22. The van der Waals surface area contributed by atoms with E-state index in [0.29, 0.717) is 39.3 Å². The van der Waals surface area contributed by atoms with Crippen molar-refractivity contribution in [3.8, 4) is 17.2 Å². The number of aliphatic hydroxyl groups is 1. The molecular formula is C30H30ClF2N5O4. The largest absolute Gasteiger partial charge is 0.496 e. The number of nitrogens with zero attached hydrogens (tertiary/aromatic N) is 3. The Morgan fingerprint density at radius 1 is 1.14 bits per heavy atom. The molecule has 0 bridgehead atoms. The quantitative estimate of drug-likeness (QED) is 0.191. The van der Waals surface area contributed by atoms with Crippen LogP contribution < -0.4 is 20.5 Å². The number of ether oxygens (including phenoxy) is 2. The van der Waals surface area contributed by atoms with Gasteiger partial charge in [0.25, 0.3) is 0 Å². The van der Waals surface area contributed by atoms with Gasteiger partial charge >= 0.3 is 0 Å². The molecule has 3 aromatic carbocycles. The highest BCUT2D eigenvalue weighted by molar-refractivity contribution is 6.32. The first-order valence-electron chi connectivity index (χ1n) is 12.7. The van der Waals surface area contributed by atoms with Gasteiger partial charge in [-0.2, -0.15) is 4.39 Å². The van der Waals surface area contributed by atoms with Gasteiger partial charge < -0.3 is 25.6 Å². The number of carbonyl (C=O) groups excluding carboxylic acids is 1. The lowest BCUT2D eigenvalue weighted by atomic mass is 9.95. The molecule has 1 heterocycles. The number of nitrogens with two attached hydrogens (primary N) is 1. The topological polar surface area (TPSA) is 123 Å². The molecule has 0 aliphatic rings. The van der Waals surface area contributed by atoms with Crippen LogP contribution in [0.25, 0.3) is 10.9 Å². The predicted molar refractivity (Wildman–Crippen MR) is 157 cm³/mol. The molecule has 1 amide bonds. The first-order chi connectivity index (χ1) is 19.8. The fourth-order valence-electron chi connectivity index (χ4n) is 4.40.